The van der Waals surface area contributed by atoms with Gasteiger partial charge in [-0.3, -0.25) is 0 Å². The molecule has 0 bridgehead atoms. The first kappa shape index (κ1) is 16.5. The van der Waals surface area contributed by atoms with Crippen molar-refractivity contribution >= 4 is 15.9 Å². The number of hydrogen-bond acceptors (Lipinski definition) is 2. The molecule has 0 saturated heterocycles. The topological polar surface area (TPSA) is 21.3 Å². The first-order valence-electron chi connectivity index (χ1n) is 6.88. The van der Waals surface area contributed by atoms with Gasteiger partial charge >= 0.3 is 0 Å². The summed E-state index contributed by atoms with van der Waals surface area (Å²) in [6.45, 7) is 6.86. The van der Waals surface area contributed by atoms with Crippen LogP contribution in [0.3, 0.4) is 0 Å². The second-order valence-corrected chi connectivity index (χ2v) is 6.97. The third-order valence-electron chi connectivity index (χ3n) is 3.58. The van der Waals surface area contributed by atoms with Crippen LogP contribution in [-0.4, -0.2) is 20.2 Å². The molecule has 0 heterocycles. The standard InChI is InChI=1S/C16H26BrNO/c1-16(2,3)15(18-4)8-6-7-12-11-13(17)9-10-14(12)19-5/h9-11,15,18H,6-8H2,1-5H3. The Hall–Kier alpha value is -0.540. The molecule has 0 aromatic heterocycles. The lowest BCUT2D eigenvalue weighted by molar-refractivity contribution is 0.263. The maximum Gasteiger partial charge on any atom is 0.122 e. The van der Waals surface area contributed by atoms with E-state index in [2.05, 4.69) is 55.1 Å². The van der Waals surface area contributed by atoms with Gasteiger partial charge in [-0.2, -0.15) is 0 Å². The van der Waals surface area contributed by atoms with Gasteiger partial charge in [-0.25, -0.2) is 0 Å². The second kappa shape index (κ2) is 7.30. The number of ether oxygens (including phenoxy) is 1. The van der Waals surface area contributed by atoms with Gasteiger partial charge in [0.25, 0.3) is 0 Å². The van der Waals surface area contributed by atoms with Gasteiger partial charge in [0.15, 0.2) is 0 Å². The van der Waals surface area contributed by atoms with Crippen LogP contribution in [0.15, 0.2) is 22.7 Å². The van der Waals surface area contributed by atoms with Gasteiger partial charge in [-0.1, -0.05) is 36.7 Å². The summed E-state index contributed by atoms with van der Waals surface area (Å²) in [5, 5.41) is 3.43. The SMILES string of the molecule is CNC(CCCc1cc(Br)ccc1OC)C(C)(C)C. The van der Waals surface area contributed by atoms with E-state index in [4.69, 9.17) is 4.74 Å². The molecule has 1 rings (SSSR count). The van der Waals surface area contributed by atoms with Crippen LogP contribution >= 0.6 is 15.9 Å². The summed E-state index contributed by atoms with van der Waals surface area (Å²) < 4.78 is 6.53. The number of aryl methyl sites for hydroxylation is 1. The highest BCUT2D eigenvalue weighted by Gasteiger charge is 2.22. The van der Waals surface area contributed by atoms with Crippen molar-refractivity contribution in [2.75, 3.05) is 14.2 Å². The van der Waals surface area contributed by atoms with Crippen LogP contribution in [0.25, 0.3) is 0 Å². The first-order chi connectivity index (χ1) is 8.88. The minimum Gasteiger partial charge on any atom is -0.496 e. The van der Waals surface area contributed by atoms with Gasteiger partial charge in [0.05, 0.1) is 7.11 Å². The molecule has 108 valence electrons. The molecule has 2 nitrogen and oxygen atoms in total. The normalized spacial score (nSPS) is 13.4. The van der Waals surface area contributed by atoms with Gasteiger partial charge in [0.2, 0.25) is 0 Å². The molecule has 3 heteroatoms. The van der Waals surface area contributed by atoms with E-state index >= 15 is 0 Å². The second-order valence-electron chi connectivity index (χ2n) is 6.06. The van der Waals surface area contributed by atoms with E-state index in [-0.39, 0.29) is 0 Å². The van der Waals surface area contributed by atoms with Gasteiger partial charge in [0.1, 0.15) is 5.75 Å². The smallest absolute Gasteiger partial charge is 0.122 e. The Labute approximate surface area is 126 Å². The Morgan fingerprint density at radius 3 is 2.53 bits per heavy atom. The van der Waals surface area contributed by atoms with Gasteiger partial charge in [0, 0.05) is 10.5 Å². The summed E-state index contributed by atoms with van der Waals surface area (Å²) >= 11 is 3.52. The molecule has 1 atom stereocenters. The van der Waals surface area contributed by atoms with Gasteiger partial charge in [-0.05, 0) is 55.5 Å². The van der Waals surface area contributed by atoms with Crippen LogP contribution in [0.2, 0.25) is 0 Å². The minimum absolute atomic E-state index is 0.302. The molecular formula is C16H26BrNO. The summed E-state index contributed by atoms with van der Waals surface area (Å²) in [6.07, 6.45) is 3.39. The average Bonchev–Trinajstić information content (AvgIpc) is 2.33. The van der Waals surface area contributed by atoms with E-state index in [0.717, 1.165) is 23.1 Å². The highest BCUT2D eigenvalue weighted by atomic mass is 79.9. The number of halogens is 1. The number of methoxy groups -OCH3 is 1. The van der Waals surface area contributed by atoms with E-state index in [1.807, 2.05) is 12.1 Å². The van der Waals surface area contributed by atoms with Gasteiger partial charge in [-0.15, -0.1) is 0 Å². The fourth-order valence-electron chi connectivity index (χ4n) is 2.45. The lowest BCUT2D eigenvalue weighted by Gasteiger charge is -2.30. The molecule has 1 unspecified atom stereocenters. The van der Waals surface area contributed by atoms with E-state index in [1.165, 1.54) is 12.0 Å². The number of nitrogens with one attached hydrogen (secondary N) is 1. The molecule has 0 fully saturated rings. The molecule has 0 saturated carbocycles. The van der Waals surface area contributed by atoms with Crippen LogP contribution in [0.4, 0.5) is 0 Å². The largest absolute Gasteiger partial charge is 0.496 e. The Morgan fingerprint density at radius 2 is 2.00 bits per heavy atom. The highest BCUT2D eigenvalue weighted by molar-refractivity contribution is 9.10. The van der Waals surface area contributed by atoms with Crippen LogP contribution in [0.1, 0.15) is 39.2 Å². The number of benzene rings is 1. The van der Waals surface area contributed by atoms with E-state index in [0.29, 0.717) is 11.5 Å². The van der Waals surface area contributed by atoms with Crippen LogP contribution in [-0.2, 0) is 6.42 Å². The average molecular weight is 328 g/mol. The molecule has 19 heavy (non-hydrogen) atoms. The van der Waals surface area contributed by atoms with Crippen LogP contribution < -0.4 is 10.1 Å². The fourth-order valence-corrected chi connectivity index (χ4v) is 2.86. The van der Waals surface area contributed by atoms with Crippen molar-refractivity contribution in [3.8, 4) is 5.75 Å². The Morgan fingerprint density at radius 1 is 1.32 bits per heavy atom. The highest BCUT2D eigenvalue weighted by Crippen LogP contribution is 2.27. The fraction of sp³-hybridized carbons (Fsp3) is 0.625. The third kappa shape index (κ3) is 5.15. The van der Waals surface area contributed by atoms with E-state index < -0.39 is 0 Å². The predicted octanol–water partition coefficient (Wildman–Crippen LogP) is 4.41. The first-order valence-corrected chi connectivity index (χ1v) is 7.67. The maximum absolute atomic E-state index is 5.41. The molecule has 0 amide bonds. The molecule has 0 spiro atoms. The molecule has 1 aromatic carbocycles. The van der Waals surface area contributed by atoms with Crippen molar-refractivity contribution < 1.29 is 4.74 Å². The lowest BCUT2D eigenvalue weighted by atomic mass is 9.83. The van der Waals surface area contributed by atoms with Crippen molar-refractivity contribution in [1.82, 2.24) is 5.32 Å². The Bertz CT molecular complexity index is 398. The van der Waals surface area contributed by atoms with Crippen LogP contribution in [0.5, 0.6) is 5.75 Å². The molecule has 0 radical (unpaired) electrons. The molecule has 0 aliphatic carbocycles. The zero-order valence-electron chi connectivity index (χ0n) is 12.7. The Balaban J connectivity index is 2.60. The van der Waals surface area contributed by atoms with Crippen LogP contribution in [0, 0.1) is 5.41 Å². The zero-order chi connectivity index (χ0) is 14.5. The van der Waals surface area contributed by atoms with Crippen molar-refractivity contribution in [2.45, 2.75) is 46.1 Å². The molecule has 0 aliphatic heterocycles. The molecular weight excluding hydrogens is 302 g/mol. The predicted molar refractivity (Wildman–Crippen MR) is 85.9 cm³/mol. The zero-order valence-corrected chi connectivity index (χ0v) is 14.3. The summed E-state index contributed by atoms with van der Waals surface area (Å²) in [7, 11) is 3.79. The molecule has 0 aliphatic rings. The number of rotatable bonds is 6. The number of hydrogen-bond donors (Lipinski definition) is 1. The quantitative estimate of drug-likeness (QED) is 0.835. The van der Waals surface area contributed by atoms with Crippen molar-refractivity contribution in [3.05, 3.63) is 28.2 Å². The van der Waals surface area contributed by atoms with Gasteiger partial charge < -0.3 is 10.1 Å². The maximum atomic E-state index is 5.41. The monoisotopic (exact) mass is 327 g/mol. The van der Waals surface area contributed by atoms with Crippen molar-refractivity contribution in [1.29, 1.82) is 0 Å². The van der Waals surface area contributed by atoms with E-state index in [1.54, 1.807) is 7.11 Å². The van der Waals surface area contributed by atoms with Crippen molar-refractivity contribution in [3.63, 3.8) is 0 Å². The lowest BCUT2D eigenvalue weighted by Crippen LogP contribution is -2.37. The Kier molecular flexibility index (Phi) is 6.34. The summed E-state index contributed by atoms with van der Waals surface area (Å²) in [5.41, 5.74) is 1.58. The summed E-state index contributed by atoms with van der Waals surface area (Å²) in [6, 6.07) is 6.75. The molecule has 1 N–H and O–H groups in total. The van der Waals surface area contributed by atoms with Crippen molar-refractivity contribution in [2.24, 2.45) is 5.41 Å². The molecule has 1 aromatic rings. The summed E-state index contributed by atoms with van der Waals surface area (Å²) in [4.78, 5) is 0. The minimum atomic E-state index is 0.302. The third-order valence-corrected chi connectivity index (χ3v) is 4.07. The summed E-state index contributed by atoms with van der Waals surface area (Å²) in [5.74, 6) is 0.986. The van der Waals surface area contributed by atoms with E-state index in [9.17, 15) is 0 Å².